The SMILES string of the molecule is CCOc1n[nH]c(NC(=O)CNC(C)=O)n1. The number of ether oxygens (including phenoxy) is 1. The summed E-state index contributed by atoms with van der Waals surface area (Å²) in [5, 5.41) is 10.9. The maximum Gasteiger partial charge on any atom is 0.337 e. The first-order valence-corrected chi connectivity index (χ1v) is 4.71. The number of carbonyl (C=O) groups excluding carboxylic acids is 2. The number of anilines is 1. The van der Waals surface area contributed by atoms with E-state index in [1.54, 1.807) is 6.92 Å². The number of aromatic amines is 1. The van der Waals surface area contributed by atoms with E-state index >= 15 is 0 Å². The zero-order valence-corrected chi connectivity index (χ0v) is 9.03. The summed E-state index contributed by atoms with van der Waals surface area (Å²) in [4.78, 5) is 25.6. The average molecular weight is 227 g/mol. The van der Waals surface area contributed by atoms with Gasteiger partial charge in [0.15, 0.2) is 0 Å². The number of nitrogens with zero attached hydrogens (tertiary/aromatic N) is 2. The van der Waals surface area contributed by atoms with Crippen LogP contribution in [0.4, 0.5) is 5.95 Å². The van der Waals surface area contributed by atoms with Crippen LogP contribution >= 0.6 is 0 Å². The minimum Gasteiger partial charge on any atom is -0.463 e. The molecule has 1 heterocycles. The molecule has 0 saturated heterocycles. The first-order valence-electron chi connectivity index (χ1n) is 4.71. The third-order valence-corrected chi connectivity index (χ3v) is 1.49. The predicted molar refractivity (Wildman–Crippen MR) is 54.9 cm³/mol. The van der Waals surface area contributed by atoms with Crippen LogP contribution < -0.4 is 15.4 Å². The van der Waals surface area contributed by atoms with Crippen molar-refractivity contribution in [3.05, 3.63) is 0 Å². The van der Waals surface area contributed by atoms with E-state index in [4.69, 9.17) is 4.74 Å². The molecule has 1 rings (SSSR count). The predicted octanol–water partition coefficient (Wildman–Crippen LogP) is -0.722. The Morgan fingerprint density at radius 2 is 2.25 bits per heavy atom. The molecule has 88 valence electrons. The van der Waals surface area contributed by atoms with E-state index in [-0.39, 0.29) is 24.4 Å². The molecule has 0 spiro atoms. The van der Waals surface area contributed by atoms with Crippen LogP contribution in [0.5, 0.6) is 6.01 Å². The van der Waals surface area contributed by atoms with Crippen LogP contribution in [-0.4, -0.2) is 40.1 Å². The molecule has 0 aromatic carbocycles. The van der Waals surface area contributed by atoms with Crippen LogP contribution in [0.3, 0.4) is 0 Å². The van der Waals surface area contributed by atoms with Gasteiger partial charge in [-0.05, 0) is 6.92 Å². The van der Waals surface area contributed by atoms with Gasteiger partial charge in [-0.25, -0.2) is 5.10 Å². The van der Waals surface area contributed by atoms with Crippen molar-refractivity contribution < 1.29 is 14.3 Å². The van der Waals surface area contributed by atoms with Crippen LogP contribution in [0.1, 0.15) is 13.8 Å². The molecule has 0 saturated carbocycles. The first kappa shape index (κ1) is 12.0. The van der Waals surface area contributed by atoms with Gasteiger partial charge >= 0.3 is 6.01 Å². The maximum absolute atomic E-state index is 11.2. The second-order valence-electron chi connectivity index (χ2n) is 2.86. The Labute approximate surface area is 91.8 Å². The molecule has 0 radical (unpaired) electrons. The van der Waals surface area contributed by atoms with Crippen LogP contribution in [0.2, 0.25) is 0 Å². The Kier molecular flexibility index (Phi) is 4.25. The highest BCUT2D eigenvalue weighted by Gasteiger charge is 2.07. The van der Waals surface area contributed by atoms with Gasteiger partial charge in [0.2, 0.25) is 17.8 Å². The van der Waals surface area contributed by atoms with Crippen molar-refractivity contribution in [3.8, 4) is 6.01 Å². The van der Waals surface area contributed by atoms with Crippen LogP contribution in [0.25, 0.3) is 0 Å². The second-order valence-corrected chi connectivity index (χ2v) is 2.86. The van der Waals surface area contributed by atoms with Crippen LogP contribution in [0.15, 0.2) is 0 Å². The lowest BCUT2D eigenvalue weighted by atomic mass is 10.5. The minimum absolute atomic E-state index is 0.111. The van der Waals surface area contributed by atoms with Gasteiger partial charge in [-0.1, -0.05) is 0 Å². The fraction of sp³-hybridized carbons (Fsp3) is 0.500. The molecule has 0 fully saturated rings. The molecule has 1 aromatic heterocycles. The summed E-state index contributed by atoms with van der Waals surface area (Å²) in [6.07, 6.45) is 0. The maximum atomic E-state index is 11.2. The quantitative estimate of drug-likeness (QED) is 0.615. The Hall–Kier alpha value is -2.12. The third kappa shape index (κ3) is 3.95. The van der Waals surface area contributed by atoms with Crippen molar-refractivity contribution >= 4 is 17.8 Å². The molecule has 0 bridgehead atoms. The number of rotatable bonds is 5. The lowest BCUT2D eigenvalue weighted by Gasteiger charge is -2.01. The normalized spacial score (nSPS) is 9.62. The van der Waals surface area contributed by atoms with Gasteiger partial charge in [-0.3, -0.25) is 14.9 Å². The number of hydrogen-bond donors (Lipinski definition) is 3. The fourth-order valence-electron chi connectivity index (χ4n) is 0.877. The number of carbonyl (C=O) groups is 2. The third-order valence-electron chi connectivity index (χ3n) is 1.49. The van der Waals surface area contributed by atoms with Gasteiger partial charge < -0.3 is 10.1 Å². The summed E-state index contributed by atoms with van der Waals surface area (Å²) in [5.41, 5.74) is 0. The van der Waals surface area contributed by atoms with E-state index in [0.29, 0.717) is 6.61 Å². The van der Waals surface area contributed by atoms with E-state index in [2.05, 4.69) is 25.8 Å². The lowest BCUT2D eigenvalue weighted by Crippen LogP contribution is -2.31. The molecule has 16 heavy (non-hydrogen) atoms. The molecule has 0 atom stereocenters. The fourth-order valence-corrected chi connectivity index (χ4v) is 0.877. The summed E-state index contributed by atoms with van der Waals surface area (Å²) >= 11 is 0. The molecule has 0 aliphatic rings. The topological polar surface area (TPSA) is 109 Å². The average Bonchev–Trinajstić information content (AvgIpc) is 2.63. The number of hydrogen-bond acceptors (Lipinski definition) is 5. The van der Waals surface area contributed by atoms with E-state index in [1.165, 1.54) is 6.92 Å². The Morgan fingerprint density at radius 1 is 1.50 bits per heavy atom. The molecule has 2 amide bonds. The van der Waals surface area contributed by atoms with E-state index in [0.717, 1.165) is 0 Å². The monoisotopic (exact) mass is 227 g/mol. The van der Waals surface area contributed by atoms with Crippen LogP contribution in [0, 0.1) is 0 Å². The van der Waals surface area contributed by atoms with Crippen molar-refractivity contribution in [2.75, 3.05) is 18.5 Å². The van der Waals surface area contributed by atoms with Crippen molar-refractivity contribution in [1.29, 1.82) is 0 Å². The van der Waals surface area contributed by atoms with Crippen molar-refractivity contribution in [1.82, 2.24) is 20.5 Å². The molecule has 0 unspecified atom stereocenters. The Morgan fingerprint density at radius 3 is 2.88 bits per heavy atom. The Bertz CT molecular complexity index is 376. The molecule has 8 nitrogen and oxygen atoms in total. The largest absolute Gasteiger partial charge is 0.463 e. The highest BCUT2D eigenvalue weighted by molar-refractivity contribution is 5.92. The van der Waals surface area contributed by atoms with E-state index in [1.807, 2.05) is 0 Å². The van der Waals surface area contributed by atoms with Gasteiger partial charge in [0, 0.05) is 6.92 Å². The number of amides is 2. The summed E-state index contributed by atoms with van der Waals surface area (Å²) in [6.45, 7) is 3.46. The standard InChI is InChI=1S/C8H13N5O3/c1-3-16-8-11-7(12-13-8)10-6(15)4-9-5(2)14/h3-4H2,1-2H3,(H,9,14)(H2,10,11,12,13,15). The lowest BCUT2D eigenvalue weighted by molar-refractivity contribution is -0.122. The molecule has 1 aromatic rings. The van der Waals surface area contributed by atoms with E-state index in [9.17, 15) is 9.59 Å². The highest BCUT2D eigenvalue weighted by atomic mass is 16.5. The second kappa shape index (κ2) is 5.69. The summed E-state index contributed by atoms with van der Waals surface area (Å²) in [7, 11) is 0. The van der Waals surface area contributed by atoms with Crippen molar-refractivity contribution in [2.24, 2.45) is 0 Å². The molecule has 8 heteroatoms. The molecule has 0 aliphatic carbocycles. The van der Waals surface area contributed by atoms with Gasteiger partial charge in [0.05, 0.1) is 13.2 Å². The van der Waals surface area contributed by atoms with E-state index < -0.39 is 5.91 Å². The van der Waals surface area contributed by atoms with Gasteiger partial charge in [-0.2, -0.15) is 4.98 Å². The first-order chi connectivity index (χ1) is 7.61. The van der Waals surface area contributed by atoms with Crippen molar-refractivity contribution in [2.45, 2.75) is 13.8 Å². The molecule has 3 N–H and O–H groups in total. The van der Waals surface area contributed by atoms with Gasteiger partial charge in [-0.15, -0.1) is 5.10 Å². The van der Waals surface area contributed by atoms with Crippen molar-refractivity contribution in [3.63, 3.8) is 0 Å². The van der Waals surface area contributed by atoms with Gasteiger partial charge in [0.25, 0.3) is 0 Å². The summed E-state index contributed by atoms with van der Waals surface area (Å²) < 4.78 is 4.99. The highest BCUT2D eigenvalue weighted by Crippen LogP contribution is 2.04. The zero-order chi connectivity index (χ0) is 12.0. The summed E-state index contributed by atoms with van der Waals surface area (Å²) in [5.74, 6) is -0.490. The summed E-state index contributed by atoms with van der Waals surface area (Å²) in [6, 6.07) is 0.164. The van der Waals surface area contributed by atoms with Crippen LogP contribution in [-0.2, 0) is 9.59 Å². The molecule has 0 aliphatic heterocycles. The van der Waals surface area contributed by atoms with Gasteiger partial charge in [0.1, 0.15) is 0 Å². The Balaban J connectivity index is 2.40. The zero-order valence-electron chi connectivity index (χ0n) is 9.03. The number of aromatic nitrogens is 3. The minimum atomic E-state index is -0.394. The molecular weight excluding hydrogens is 214 g/mol. The number of H-pyrrole nitrogens is 1. The number of nitrogens with one attached hydrogen (secondary N) is 3. The smallest absolute Gasteiger partial charge is 0.337 e. The molecular formula is C8H13N5O3.